The first-order valence-electron chi connectivity index (χ1n) is 5.98. The highest BCUT2D eigenvalue weighted by Crippen LogP contribution is 2.29. The molecule has 1 aromatic carbocycles. The maximum Gasteiger partial charge on any atom is 0.320 e. The van der Waals surface area contributed by atoms with Crippen molar-refractivity contribution in [2.45, 2.75) is 19.4 Å². The molecular weight excluding hydrogens is 332 g/mol. The fourth-order valence-corrected chi connectivity index (χ4v) is 1.92. The van der Waals surface area contributed by atoms with Crippen molar-refractivity contribution < 1.29 is 19.6 Å². The number of nitro groups is 1. The molecule has 0 saturated heterocycles. The van der Waals surface area contributed by atoms with Gasteiger partial charge in [0, 0.05) is 12.5 Å². The molecule has 0 heterocycles. The van der Waals surface area contributed by atoms with E-state index in [-0.39, 0.29) is 18.7 Å². The van der Waals surface area contributed by atoms with Gasteiger partial charge < -0.3 is 15.2 Å². The van der Waals surface area contributed by atoms with Crippen LogP contribution in [0.1, 0.15) is 13.3 Å². The van der Waals surface area contributed by atoms with Crippen LogP contribution in [0.25, 0.3) is 0 Å². The number of halogens is 1. The van der Waals surface area contributed by atoms with Crippen LogP contribution in [0, 0.1) is 10.1 Å². The summed E-state index contributed by atoms with van der Waals surface area (Å²) >= 11 is 3.23. The Kier molecular flexibility index (Phi) is 6.40. The summed E-state index contributed by atoms with van der Waals surface area (Å²) < 4.78 is 5.98. The highest BCUT2D eigenvalue weighted by atomic mass is 79.9. The van der Waals surface area contributed by atoms with Gasteiger partial charge in [-0.1, -0.05) is 6.92 Å². The van der Waals surface area contributed by atoms with Gasteiger partial charge >= 0.3 is 5.97 Å². The highest BCUT2D eigenvalue weighted by Gasteiger charge is 2.16. The summed E-state index contributed by atoms with van der Waals surface area (Å²) in [4.78, 5) is 21.1. The summed E-state index contributed by atoms with van der Waals surface area (Å²) in [7, 11) is 0. The van der Waals surface area contributed by atoms with Gasteiger partial charge in [0.15, 0.2) is 0 Å². The minimum atomic E-state index is -0.950. The number of rotatable bonds is 8. The van der Waals surface area contributed by atoms with E-state index in [4.69, 9.17) is 9.84 Å². The summed E-state index contributed by atoms with van der Waals surface area (Å²) in [5.41, 5.74) is -0.0790. The topological polar surface area (TPSA) is 102 Å². The Bertz CT molecular complexity index is 495. The van der Waals surface area contributed by atoms with Gasteiger partial charge in [0.1, 0.15) is 11.8 Å². The first kappa shape index (κ1) is 16.4. The summed E-state index contributed by atoms with van der Waals surface area (Å²) in [6.45, 7) is 2.50. The Morgan fingerprint density at radius 1 is 1.60 bits per heavy atom. The second kappa shape index (κ2) is 7.81. The van der Waals surface area contributed by atoms with E-state index in [1.165, 1.54) is 18.2 Å². The third-order valence-electron chi connectivity index (χ3n) is 2.54. The van der Waals surface area contributed by atoms with Crippen molar-refractivity contribution in [1.29, 1.82) is 0 Å². The molecule has 0 amide bonds. The van der Waals surface area contributed by atoms with Crippen LogP contribution in [0.2, 0.25) is 0 Å². The maximum atomic E-state index is 10.9. The third-order valence-corrected chi connectivity index (χ3v) is 3.19. The Hall–Kier alpha value is -1.67. The van der Waals surface area contributed by atoms with Crippen LogP contribution < -0.4 is 10.1 Å². The molecule has 0 saturated carbocycles. The molecule has 2 N–H and O–H groups in total. The van der Waals surface area contributed by atoms with Gasteiger partial charge in [0.2, 0.25) is 0 Å². The first-order valence-corrected chi connectivity index (χ1v) is 6.78. The van der Waals surface area contributed by atoms with Crippen molar-refractivity contribution in [3.63, 3.8) is 0 Å². The summed E-state index contributed by atoms with van der Waals surface area (Å²) in [5.74, 6) is -0.631. The number of hydrogen-bond donors (Lipinski definition) is 2. The number of ether oxygens (including phenoxy) is 1. The minimum absolute atomic E-state index is 0.0790. The van der Waals surface area contributed by atoms with E-state index in [9.17, 15) is 14.9 Å². The van der Waals surface area contributed by atoms with Crippen LogP contribution in [-0.2, 0) is 4.79 Å². The number of carboxylic acids is 1. The van der Waals surface area contributed by atoms with E-state index in [0.29, 0.717) is 16.8 Å². The monoisotopic (exact) mass is 346 g/mol. The normalized spacial score (nSPS) is 11.9. The second-order valence-corrected chi connectivity index (χ2v) is 4.81. The lowest BCUT2D eigenvalue weighted by molar-refractivity contribution is -0.385. The SMILES string of the molecule is CCNC(CCOc1cc([N+](=O)[O-])ccc1Br)C(=O)O. The molecule has 0 radical (unpaired) electrons. The van der Waals surface area contributed by atoms with Crippen LogP contribution in [-0.4, -0.2) is 35.2 Å². The van der Waals surface area contributed by atoms with Crippen LogP contribution >= 0.6 is 15.9 Å². The number of likely N-dealkylation sites (N-methyl/N-ethyl adjacent to an activating group) is 1. The van der Waals surface area contributed by atoms with Crippen LogP contribution in [0.5, 0.6) is 5.75 Å². The quantitative estimate of drug-likeness (QED) is 0.552. The number of hydrogen-bond acceptors (Lipinski definition) is 5. The zero-order chi connectivity index (χ0) is 15.1. The number of benzene rings is 1. The van der Waals surface area contributed by atoms with Crippen molar-refractivity contribution in [3.8, 4) is 5.75 Å². The number of carbonyl (C=O) groups is 1. The molecule has 20 heavy (non-hydrogen) atoms. The predicted molar refractivity (Wildman–Crippen MR) is 76.0 cm³/mol. The van der Waals surface area contributed by atoms with Gasteiger partial charge in [0.05, 0.1) is 22.1 Å². The van der Waals surface area contributed by atoms with E-state index in [1.54, 1.807) is 0 Å². The fraction of sp³-hybridized carbons (Fsp3) is 0.417. The minimum Gasteiger partial charge on any atom is -0.492 e. The number of nitrogens with zero attached hydrogens (tertiary/aromatic N) is 1. The summed E-state index contributed by atoms with van der Waals surface area (Å²) in [5, 5.41) is 22.4. The second-order valence-electron chi connectivity index (χ2n) is 3.96. The van der Waals surface area contributed by atoms with Crippen LogP contribution in [0.4, 0.5) is 5.69 Å². The lowest BCUT2D eigenvalue weighted by atomic mass is 10.2. The number of aliphatic carboxylic acids is 1. The Morgan fingerprint density at radius 2 is 2.30 bits per heavy atom. The van der Waals surface area contributed by atoms with Crippen molar-refractivity contribution in [2.75, 3.05) is 13.2 Å². The van der Waals surface area contributed by atoms with Crippen molar-refractivity contribution >= 4 is 27.6 Å². The molecule has 0 aromatic heterocycles. The zero-order valence-corrected chi connectivity index (χ0v) is 12.4. The Morgan fingerprint density at radius 3 is 2.85 bits per heavy atom. The van der Waals surface area contributed by atoms with Gasteiger partial charge in [-0.15, -0.1) is 0 Å². The fourth-order valence-electron chi connectivity index (χ4n) is 1.56. The molecule has 0 bridgehead atoms. The van der Waals surface area contributed by atoms with Gasteiger partial charge in [-0.3, -0.25) is 14.9 Å². The smallest absolute Gasteiger partial charge is 0.320 e. The van der Waals surface area contributed by atoms with Gasteiger partial charge in [-0.2, -0.15) is 0 Å². The molecular formula is C12H15BrN2O5. The number of nitro benzene ring substituents is 1. The third kappa shape index (κ3) is 4.78. The number of nitrogens with one attached hydrogen (secondary N) is 1. The average molecular weight is 347 g/mol. The van der Waals surface area contributed by atoms with Crippen LogP contribution in [0.3, 0.4) is 0 Å². The molecule has 0 spiro atoms. The molecule has 0 fully saturated rings. The van der Waals surface area contributed by atoms with Crippen molar-refractivity contribution in [3.05, 3.63) is 32.8 Å². The molecule has 1 atom stereocenters. The molecule has 0 aliphatic heterocycles. The predicted octanol–water partition coefficient (Wildman–Crippen LogP) is 2.19. The van der Waals surface area contributed by atoms with E-state index < -0.39 is 16.9 Å². The molecule has 8 heteroatoms. The lowest BCUT2D eigenvalue weighted by Gasteiger charge is -2.14. The molecule has 1 aromatic rings. The maximum absolute atomic E-state index is 10.9. The largest absolute Gasteiger partial charge is 0.492 e. The molecule has 0 aliphatic carbocycles. The van der Waals surface area contributed by atoms with Gasteiger partial charge in [0.25, 0.3) is 5.69 Å². The molecule has 7 nitrogen and oxygen atoms in total. The van der Waals surface area contributed by atoms with E-state index >= 15 is 0 Å². The lowest BCUT2D eigenvalue weighted by Crippen LogP contribution is -2.37. The van der Waals surface area contributed by atoms with E-state index in [1.807, 2.05) is 6.92 Å². The number of non-ortho nitro benzene ring substituents is 1. The van der Waals surface area contributed by atoms with E-state index in [2.05, 4.69) is 21.2 Å². The van der Waals surface area contributed by atoms with E-state index in [0.717, 1.165) is 0 Å². The highest BCUT2D eigenvalue weighted by molar-refractivity contribution is 9.10. The standard InChI is InChI=1S/C12H15BrN2O5/c1-2-14-10(12(16)17)5-6-20-11-7-8(15(18)19)3-4-9(11)13/h3-4,7,10,14H,2,5-6H2,1H3,(H,16,17). The molecule has 1 rings (SSSR count). The van der Waals surface area contributed by atoms with Gasteiger partial charge in [-0.05, 0) is 28.5 Å². The average Bonchev–Trinajstić information content (AvgIpc) is 2.39. The summed E-state index contributed by atoms with van der Waals surface area (Å²) in [6.07, 6.45) is 0.262. The first-order chi connectivity index (χ1) is 9.45. The van der Waals surface area contributed by atoms with Crippen molar-refractivity contribution in [1.82, 2.24) is 5.32 Å². The molecule has 1 unspecified atom stereocenters. The Balaban J connectivity index is 2.63. The molecule has 0 aliphatic rings. The van der Waals surface area contributed by atoms with Crippen LogP contribution in [0.15, 0.2) is 22.7 Å². The number of carboxylic acid groups (broad SMARTS) is 1. The molecule has 110 valence electrons. The Labute approximate surface area is 124 Å². The van der Waals surface area contributed by atoms with Crippen molar-refractivity contribution in [2.24, 2.45) is 0 Å². The van der Waals surface area contributed by atoms with Gasteiger partial charge in [-0.25, -0.2) is 0 Å². The summed E-state index contributed by atoms with van der Waals surface area (Å²) in [6, 6.07) is 3.48. The zero-order valence-electron chi connectivity index (χ0n) is 10.8.